The molecule has 9 nitrogen and oxygen atoms in total. The Morgan fingerprint density at radius 3 is 2.60 bits per heavy atom. The number of hydrogen-bond donors (Lipinski definition) is 1. The van der Waals surface area contributed by atoms with E-state index in [1.807, 2.05) is 6.92 Å². The van der Waals surface area contributed by atoms with Gasteiger partial charge in [0, 0.05) is 31.6 Å². The fraction of sp³-hybridized carbons (Fsp3) is 0.400. The van der Waals surface area contributed by atoms with Crippen molar-refractivity contribution < 1.29 is 18.1 Å². The van der Waals surface area contributed by atoms with Crippen molar-refractivity contribution in [1.29, 1.82) is 0 Å². The Balaban J connectivity index is 2.35. The summed E-state index contributed by atoms with van der Waals surface area (Å²) in [5.41, 5.74) is 1.73. The Hall–Kier alpha value is -2.62. The van der Waals surface area contributed by atoms with Gasteiger partial charge in [-0.3, -0.25) is 10.1 Å². The van der Waals surface area contributed by atoms with Crippen molar-refractivity contribution >= 4 is 21.2 Å². The maximum absolute atomic E-state index is 11.8. The Morgan fingerprint density at radius 2 is 2.08 bits per heavy atom. The number of methoxy groups -OCH3 is 1. The molecule has 0 saturated carbocycles. The van der Waals surface area contributed by atoms with E-state index in [0.717, 1.165) is 17.5 Å². The third kappa shape index (κ3) is 3.90. The average molecular weight is 368 g/mol. The molecule has 0 aliphatic carbocycles. The first-order chi connectivity index (χ1) is 11.7. The van der Waals surface area contributed by atoms with Crippen LogP contribution in [0.5, 0.6) is 5.88 Å². The lowest BCUT2D eigenvalue weighted by molar-refractivity contribution is -0.387. The number of nitrogens with zero attached hydrogens (tertiary/aromatic N) is 3. The molecule has 1 heterocycles. The number of sulfone groups is 1. The maximum atomic E-state index is 11.8. The molecule has 10 heteroatoms. The first kappa shape index (κ1) is 18.7. The molecule has 0 atom stereocenters. The van der Waals surface area contributed by atoms with Gasteiger partial charge in [-0.1, -0.05) is 6.92 Å². The van der Waals surface area contributed by atoms with E-state index in [9.17, 15) is 18.5 Å². The molecule has 0 aliphatic heterocycles. The van der Waals surface area contributed by atoms with Crippen molar-refractivity contribution in [2.45, 2.75) is 24.8 Å². The van der Waals surface area contributed by atoms with Crippen molar-refractivity contribution in [1.82, 2.24) is 9.78 Å². The summed E-state index contributed by atoms with van der Waals surface area (Å²) < 4.78 is 30.6. The molecular weight excluding hydrogens is 348 g/mol. The van der Waals surface area contributed by atoms with Gasteiger partial charge in [0.1, 0.15) is 4.90 Å². The minimum Gasteiger partial charge on any atom is -0.481 e. The second-order valence-electron chi connectivity index (χ2n) is 5.48. The van der Waals surface area contributed by atoms with E-state index in [4.69, 9.17) is 4.74 Å². The van der Waals surface area contributed by atoms with Gasteiger partial charge >= 0.3 is 0 Å². The van der Waals surface area contributed by atoms with E-state index in [-0.39, 0.29) is 4.90 Å². The molecule has 0 aliphatic rings. The summed E-state index contributed by atoms with van der Waals surface area (Å²) in [6, 6.07) is 3.92. The van der Waals surface area contributed by atoms with Crippen LogP contribution in [0.4, 0.5) is 11.4 Å². The fourth-order valence-electron chi connectivity index (χ4n) is 2.58. The van der Waals surface area contributed by atoms with E-state index >= 15 is 0 Å². The second-order valence-corrected chi connectivity index (χ2v) is 7.46. The highest BCUT2D eigenvalue weighted by Gasteiger charge is 2.23. The highest BCUT2D eigenvalue weighted by atomic mass is 32.2. The summed E-state index contributed by atoms with van der Waals surface area (Å²) in [5.74, 6) is 0.606. The molecule has 1 aromatic carbocycles. The van der Waals surface area contributed by atoms with Crippen LogP contribution in [-0.4, -0.2) is 36.5 Å². The lowest BCUT2D eigenvalue weighted by Crippen LogP contribution is -2.06. The first-order valence-corrected chi connectivity index (χ1v) is 9.39. The number of nitro groups is 1. The van der Waals surface area contributed by atoms with Gasteiger partial charge < -0.3 is 10.1 Å². The van der Waals surface area contributed by atoms with E-state index < -0.39 is 20.4 Å². The minimum atomic E-state index is -3.73. The van der Waals surface area contributed by atoms with Crippen LogP contribution in [0, 0.1) is 10.1 Å². The number of nitro benzene ring substituents is 1. The molecule has 1 aromatic heterocycles. The van der Waals surface area contributed by atoms with Crippen LogP contribution >= 0.6 is 0 Å². The van der Waals surface area contributed by atoms with Gasteiger partial charge in [0.05, 0.1) is 23.3 Å². The van der Waals surface area contributed by atoms with Gasteiger partial charge in [-0.25, -0.2) is 13.1 Å². The standard InChI is InChI=1S/C15H20N4O5S/c1-5-12-11(15(24-3)18(2)17-12)9-16-10-6-7-13(19(20)21)14(8-10)25(4,22)23/h6-8,16H,5,9H2,1-4H3. The molecular formula is C15H20N4O5S. The highest BCUT2D eigenvalue weighted by molar-refractivity contribution is 7.90. The largest absolute Gasteiger partial charge is 0.481 e. The first-order valence-electron chi connectivity index (χ1n) is 7.50. The van der Waals surface area contributed by atoms with Crippen LogP contribution < -0.4 is 10.1 Å². The normalized spacial score (nSPS) is 11.4. The molecule has 25 heavy (non-hydrogen) atoms. The number of nitrogens with one attached hydrogen (secondary N) is 1. The van der Waals surface area contributed by atoms with E-state index in [1.165, 1.54) is 18.2 Å². The number of ether oxygens (including phenoxy) is 1. The number of aromatic nitrogens is 2. The quantitative estimate of drug-likeness (QED) is 0.586. The molecule has 136 valence electrons. The third-order valence-corrected chi connectivity index (χ3v) is 4.85. The summed E-state index contributed by atoms with van der Waals surface area (Å²) >= 11 is 0. The number of benzene rings is 1. The van der Waals surface area contributed by atoms with Crippen LogP contribution in [0.2, 0.25) is 0 Å². The van der Waals surface area contributed by atoms with Crippen molar-refractivity contribution in [3.05, 3.63) is 39.6 Å². The average Bonchev–Trinajstić information content (AvgIpc) is 2.86. The molecule has 0 unspecified atom stereocenters. The number of hydrogen-bond acceptors (Lipinski definition) is 7. The van der Waals surface area contributed by atoms with Crippen molar-refractivity contribution in [3.8, 4) is 5.88 Å². The van der Waals surface area contributed by atoms with Crippen LogP contribution in [0.1, 0.15) is 18.2 Å². The molecule has 0 radical (unpaired) electrons. The van der Waals surface area contributed by atoms with Crippen LogP contribution in [-0.2, 0) is 29.9 Å². The molecule has 0 saturated heterocycles. The smallest absolute Gasteiger partial charge is 0.288 e. The van der Waals surface area contributed by atoms with Gasteiger partial charge in [0.15, 0.2) is 9.84 Å². The zero-order valence-corrected chi connectivity index (χ0v) is 15.3. The number of rotatable bonds is 7. The Morgan fingerprint density at radius 1 is 1.40 bits per heavy atom. The zero-order chi connectivity index (χ0) is 18.8. The Bertz CT molecular complexity index is 905. The van der Waals surface area contributed by atoms with Gasteiger partial charge in [0.25, 0.3) is 5.69 Å². The molecule has 1 N–H and O–H groups in total. The number of aryl methyl sites for hydroxylation is 2. The van der Waals surface area contributed by atoms with Gasteiger partial charge in [-0.15, -0.1) is 0 Å². The molecule has 2 rings (SSSR count). The molecule has 0 amide bonds. The van der Waals surface area contributed by atoms with Crippen molar-refractivity contribution in [2.24, 2.45) is 7.05 Å². The topological polar surface area (TPSA) is 116 Å². The van der Waals surface area contributed by atoms with Crippen LogP contribution in [0.25, 0.3) is 0 Å². The molecule has 0 fully saturated rings. The van der Waals surface area contributed by atoms with Crippen molar-refractivity contribution in [3.63, 3.8) is 0 Å². The van der Waals surface area contributed by atoms with Gasteiger partial charge in [0.2, 0.25) is 5.88 Å². The summed E-state index contributed by atoms with van der Waals surface area (Å²) in [6.07, 6.45) is 1.65. The summed E-state index contributed by atoms with van der Waals surface area (Å²) in [7, 11) is -0.406. The molecule has 2 aromatic rings. The van der Waals surface area contributed by atoms with E-state index in [0.29, 0.717) is 24.5 Å². The lowest BCUT2D eigenvalue weighted by atomic mass is 10.2. The summed E-state index contributed by atoms with van der Waals surface area (Å²) in [4.78, 5) is 9.99. The predicted octanol–water partition coefficient (Wildman–Crippen LogP) is 1.91. The Kier molecular flexibility index (Phi) is 5.31. The minimum absolute atomic E-state index is 0.323. The van der Waals surface area contributed by atoms with E-state index in [2.05, 4.69) is 10.4 Å². The monoisotopic (exact) mass is 368 g/mol. The van der Waals surface area contributed by atoms with Gasteiger partial charge in [-0.05, 0) is 18.6 Å². The van der Waals surface area contributed by atoms with E-state index in [1.54, 1.807) is 18.8 Å². The predicted molar refractivity (Wildman–Crippen MR) is 92.7 cm³/mol. The highest BCUT2D eigenvalue weighted by Crippen LogP contribution is 2.28. The number of anilines is 1. The molecule has 0 bridgehead atoms. The SMILES string of the molecule is CCc1nn(C)c(OC)c1CNc1ccc([N+](=O)[O-])c(S(C)(=O)=O)c1. The summed E-state index contributed by atoms with van der Waals surface area (Å²) in [5, 5.41) is 18.5. The lowest BCUT2D eigenvalue weighted by Gasteiger charge is -2.10. The fourth-order valence-corrected chi connectivity index (χ4v) is 3.45. The van der Waals surface area contributed by atoms with Crippen molar-refractivity contribution in [2.75, 3.05) is 18.7 Å². The van der Waals surface area contributed by atoms with Gasteiger partial charge in [-0.2, -0.15) is 5.10 Å². The second kappa shape index (κ2) is 7.09. The summed E-state index contributed by atoms with van der Waals surface area (Å²) in [6.45, 7) is 2.32. The third-order valence-electron chi connectivity index (χ3n) is 3.72. The van der Waals surface area contributed by atoms with Crippen LogP contribution in [0.15, 0.2) is 23.1 Å². The van der Waals surface area contributed by atoms with Crippen LogP contribution in [0.3, 0.4) is 0 Å². The maximum Gasteiger partial charge on any atom is 0.288 e. The Labute approximate surface area is 145 Å². The molecule has 0 spiro atoms. The zero-order valence-electron chi connectivity index (χ0n) is 14.4.